The molecule has 0 radical (unpaired) electrons. The Morgan fingerprint density at radius 2 is 2.00 bits per heavy atom. The third-order valence-corrected chi connectivity index (χ3v) is 8.32. The van der Waals surface area contributed by atoms with Gasteiger partial charge >= 0.3 is 5.97 Å². The van der Waals surface area contributed by atoms with Gasteiger partial charge in [-0.25, -0.2) is 24.1 Å². The summed E-state index contributed by atoms with van der Waals surface area (Å²) >= 11 is 5.91. The molecule has 1 N–H and O–H groups in total. The first-order chi connectivity index (χ1) is 19.9. The minimum Gasteiger partial charge on any atom is -0.477 e. The number of hydrogen-bond acceptors (Lipinski definition) is 7. The van der Waals surface area contributed by atoms with Gasteiger partial charge in [0.1, 0.15) is 23.8 Å². The summed E-state index contributed by atoms with van der Waals surface area (Å²) in [6, 6.07) is 10.0. The zero-order chi connectivity index (χ0) is 28.1. The number of carboxylic acids is 1. The van der Waals surface area contributed by atoms with Gasteiger partial charge in [0.25, 0.3) is 0 Å². The Hall–Kier alpha value is -3.60. The fourth-order valence-corrected chi connectivity index (χ4v) is 5.71. The molecule has 212 valence electrons. The van der Waals surface area contributed by atoms with Crippen molar-refractivity contribution in [1.29, 1.82) is 0 Å². The van der Waals surface area contributed by atoms with Crippen molar-refractivity contribution in [1.82, 2.24) is 24.4 Å². The molecule has 5 heterocycles. The smallest absolute Gasteiger partial charge is 0.354 e. The van der Waals surface area contributed by atoms with Crippen LogP contribution in [0.15, 0.2) is 36.4 Å². The highest BCUT2D eigenvalue weighted by atomic mass is 35.5. The van der Waals surface area contributed by atoms with Crippen LogP contribution in [0, 0.1) is 5.82 Å². The molecule has 0 unspecified atom stereocenters. The van der Waals surface area contributed by atoms with E-state index in [-0.39, 0.29) is 18.4 Å². The van der Waals surface area contributed by atoms with E-state index in [4.69, 9.17) is 31.0 Å². The molecule has 0 spiro atoms. The van der Waals surface area contributed by atoms with Crippen LogP contribution in [0.5, 0.6) is 5.88 Å². The lowest BCUT2D eigenvalue weighted by atomic mass is 10.0. The van der Waals surface area contributed by atoms with Crippen LogP contribution in [0.1, 0.15) is 63.9 Å². The Labute approximate surface area is 240 Å². The Morgan fingerprint density at radius 1 is 1.15 bits per heavy atom. The lowest BCUT2D eigenvalue weighted by molar-refractivity contribution is -0.0592. The predicted molar refractivity (Wildman–Crippen MR) is 149 cm³/mol. The first-order valence-electron chi connectivity index (χ1n) is 13.9. The summed E-state index contributed by atoms with van der Waals surface area (Å²) in [5, 5.41) is 9.83. The van der Waals surface area contributed by atoms with Gasteiger partial charge in [-0.15, -0.1) is 0 Å². The number of carbonyl (C=O) groups is 1. The molecule has 3 aliphatic rings. The van der Waals surface area contributed by atoms with Crippen LogP contribution < -0.4 is 4.74 Å². The maximum atomic E-state index is 14.4. The van der Waals surface area contributed by atoms with Crippen LogP contribution >= 0.6 is 11.6 Å². The first kappa shape index (κ1) is 26.3. The van der Waals surface area contributed by atoms with E-state index >= 15 is 0 Å². The Morgan fingerprint density at radius 3 is 2.73 bits per heavy atom. The van der Waals surface area contributed by atoms with Crippen molar-refractivity contribution in [2.45, 2.75) is 63.9 Å². The number of nitrogens with zero attached hydrogens (tertiary/aromatic N) is 5. The Kier molecular flexibility index (Phi) is 6.84. The molecule has 0 amide bonds. The molecule has 1 atom stereocenters. The zero-order valence-corrected chi connectivity index (χ0v) is 23.1. The maximum Gasteiger partial charge on any atom is 0.354 e. The van der Waals surface area contributed by atoms with Crippen molar-refractivity contribution < 1.29 is 23.8 Å². The van der Waals surface area contributed by atoms with E-state index in [1.54, 1.807) is 18.2 Å². The number of pyridine rings is 2. The standard InChI is InChI=1S/C30H29ClFN5O4/c31-20-4-3-19(23(32)12-20)16-41-29-22(17-1-2-17)11-18-7-9-36(14-26(18)35-29)15-27-33-24-5-6-25(30(38)39)34-28(24)37(27)13-21-8-10-40-21/h3-6,11-12,17,21H,1-2,7-10,13-16H2,(H,38,39)/t21-/m0/s1. The highest BCUT2D eigenvalue weighted by Gasteiger charge is 2.31. The van der Waals surface area contributed by atoms with Gasteiger partial charge in [-0.1, -0.05) is 17.7 Å². The molecule has 3 aromatic heterocycles. The summed E-state index contributed by atoms with van der Waals surface area (Å²) < 4.78 is 28.2. The summed E-state index contributed by atoms with van der Waals surface area (Å²) in [6.45, 7) is 3.40. The fourth-order valence-electron chi connectivity index (χ4n) is 5.55. The summed E-state index contributed by atoms with van der Waals surface area (Å²) in [5.41, 5.74) is 4.93. The number of carboxylic acid groups (broad SMARTS) is 1. The second kappa shape index (κ2) is 10.7. The quantitative estimate of drug-likeness (QED) is 0.292. The van der Waals surface area contributed by atoms with E-state index in [1.807, 2.05) is 4.57 Å². The van der Waals surface area contributed by atoms with Crippen molar-refractivity contribution >= 4 is 28.7 Å². The molecule has 11 heteroatoms. The van der Waals surface area contributed by atoms with Gasteiger partial charge in [-0.3, -0.25) is 4.90 Å². The minimum absolute atomic E-state index is 0.00620. The van der Waals surface area contributed by atoms with Gasteiger partial charge in [0.05, 0.1) is 24.9 Å². The number of halogens is 2. The van der Waals surface area contributed by atoms with Crippen LogP contribution in [-0.2, 0) is 37.4 Å². The van der Waals surface area contributed by atoms with Crippen molar-refractivity contribution in [3.63, 3.8) is 0 Å². The number of hydrogen-bond donors (Lipinski definition) is 1. The SMILES string of the molecule is O=C(O)c1ccc2nc(CN3CCc4cc(C5CC5)c(OCc5ccc(Cl)cc5F)nc4C3)n(C[C@@H]3CCO3)c2n1. The molecule has 1 aromatic carbocycles. The number of rotatable bonds is 9. The summed E-state index contributed by atoms with van der Waals surface area (Å²) in [6.07, 6.45) is 4.08. The van der Waals surface area contributed by atoms with Gasteiger partial charge in [0.15, 0.2) is 11.3 Å². The second-order valence-corrected chi connectivity index (χ2v) is 11.4. The molecule has 9 nitrogen and oxygen atoms in total. The molecule has 1 saturated heterocycles. The third kappa shape index (κ3) is 5.39. The first-order valence-corrected chi connectivity index (χ1v) is 14.3. The van der Waals surface area contributed by atoms with E-state index in [9.17, 15) is 14.3 Å². The Balaban J connectivity index is 1.14. The van der Waals surface area contributed by atoms with Crippen LogP contribution in [0.4, 0.5) is 4.39 Å². The number of imidazole rings is 1. The summed E-state index contributed by atoms with van der Waals surface area (Å²) in [7, 11) is 0. The lowest BCUT2D eigenvalue weighted by Gasteiger charge is -2.30. The molecular weight excluding hydrogens is 549 g/mol. The average molecular weight is 578 g/mol. The molecule has 1 saturated carbocycles. The maximum absolute atomic E-state index is 14.4. The van der Waals surface area contributed by atoms with Gasteiger partial charge < -0.3 is 19.1 Å². The van der Waals surface area contributed by atoms with Gasteiger partial charge in [0, 0.05) is 35.8 Å². The predicted octanol–water partition coefficient (Wildman–Crippen LogP) is 5.12. The second-order valence-electron chi connectivity index (χ2n) is 11.0. The topological polar surface area (TPSA) is 103 Å². The van der Waals surface area contributed by atoms with E-state index in [1.165, 1.54) is 17.7 Å². The number of fused-ring (bicyclic) bond motifs is 2. The third-order valence-electron chi connectivity index (χ3n) is 8.09. The van der Waals surface area contributed by atoms with Crippen molar-refractivity contribution in [2.24, 2.45) is 0 Å². The monoisotopic (exact) mass is 577 g/mol. The van der Waals surface area contributed by atoms with Crippen LogP contribution in [0.2, 0.25) is 5.02 Å². The Bertz CT molecular complexity index is 1650. The van der Waals surface area contributed by atoms with Crippen LogP contribution in [-0.4, -0.2) is 54.8 Å². The molecule has 4 aromatic rings. The van der Waals surface area contributed by atoms with E-state index in [2.05, 4.69) is 16.0 Å². The number of benzene rings is 1. The lowest BCUT2D eigenvalue weighted by Crippen LogP contribution is -2.34. The number of aromatic nitrogens is 4. The largest absolute Gasteiger partial charge is 0.477 e. The summed E-state index contributed by atoms with van der Waals surface area (Å²) in [4.78, 5) is 28.1. The van der Waals surface area contributed by atoms with Gasteiger partial charge in [-0.05, 0) is 67.5 Å². The van der Waals surface area contributed by atoms with Gasteiger partial charge in [0.2, 0.25) is 5.88 Å². The highest BCUT2D eigenvalue weighted by molar-refractivity contribution is 6.30. The minimum atomic E-state index is -1.07. The summed E-state index contributed by atoms with van der Waals surface area (Å²) in [5.74, 6) is 0.366. The average Bonchev–Trinajstić information content (AvgIpc) is 3.72. The van der Waals surface area contributed by atoms with Crippen molar-refractivity contribution in [3.8, 4) is 5.88 Å². The van der Waals surface area contributed by atoms with Crippen molar-refractivity contribution in [3.05, 3.63) is 81.1 Å². The van der Waals surface area contributed by atoms with Gasteiger partial charge in [-0.2, -0.15) is 0 Å². The van der Waals surface area contributed by atoms with E-state index in [0.29, 0.717) is 53.2 Å². The molecule has 1 aliphatic carbocycles. The highest BCUT2D eigenvalue weighted by Crippen LogP contribution is 2.45. The zero-order valence-electron chi connectivity index (χ0n) is 22.4. The normalized spacial score (nSPS) is 18.7. The molecule has 7 rings (SSSR count). The fraction of sp³-hybridized carbons (Fsp3) is 0.400. The van der Waals surface area contributed by atoms with Crippen LogP contribution in [0.3, 0.4) is 0 Å². The van der Waals surface area contributed by atoms with E-state index in [0.717, 1.165) is 55.9 Å². The molecule has 2 aliphatic heterocycles. The van der Waals surface area contributed by atoms with Crippen LogP contribution in [0.25, 0.3) is 11.2 Å². The number of aromatic carboxylic acids is 1. The molecule has 2 fully saturated rings. The molecule has 41 heavy (non-hydrogen) atoms. The number of ether oxygens (including phenoxy) is 2. The van der Waals surface area contributed by atoms with Crippen molar-refractivity contribution in [2.75, 3.05) is 13.2 Å². The van der Waals surface area contributed by atoms with E-state index < -0.39 is 11.8 Å². The molecular formula is C30H29ClFN5O4. The molecule has 0 bridgehead atoms.